The third kappa shape index (κ3) is 5.54. The number of Topliss-reactive ketones (excluding diaryl/α,β-unsaturated/α-hetero) is 1. The summed E-state index contributed by atoms with van der Waals surface area (Å²) in [4.78, 5) is 28.3. The summed E-state index contributed by atoms with van der Waals surface area (Å²) in [7, 11) is 1.55. The van der Waals surface area contributed by atoms with Gasteiger partial charge in [-0.05, 0) is 61.1 Å². The maximum Gasteiger partial charge on any atom is 0.295 e. The maximum absolute atomic E-state index is 13.4. The van der Waals surface area contributed by atoms with Gasteiger partial charge in [-0.2, -0.15) is 0 Å². The van der Waals surface area contributed by atoms with E-state index in [4.69, 9.17) is 23.7 Å². The molecule has 1 amide bonds. The minimum Gasteiger partial charge on any atom is -0.507 e. The van der Waals surface area contributed by atoms with Crippen molar-refractivity contribution in [3.8, 4) is 23.0 Å². The number of aliphatic hydroxyl groups is 1. The molecule has 0 bridgehead atoms. The zero-order valence-electron chi connectivity index (χ0n) is 22.6. The molecule has 2 atom stereocenters. The Morgan fingerprint density at radius 3 is 2.56 bits per heavy atom. The monoisotopic (exact) mass is 537 g/mol. The second kappa shape index (κ2) is 11.6. The summed E-state index contributed by atoms with van der Waals surface area (Å²) in [6.45, 7) is 6.47. The predicted octanol–water partition coefficient (Wildman–Crippen LogP) is 4.49. The molecule has 1 N–H and O–H groups in total. The lowest BCUT2D eigenvalue weighted by Crippen LogP contribution is -2.36. The van der Waals surface area contributed by atoms with Crippen molar-refractivity contribution >= 4 is 17.4 Å². The van der Waals surface area contributed by atoms with E-state index in [0.29, 0.717) is 66.5 Å². The van der Waals surface area contributed by atoms with Gasteiger partial charge in [0.1, 0.15) is 19.0 Å². The van der Waals surface area contributed by atoms with Crippen LogP contribution in [0.15, 0.2) is 42.0 Å². The molecule has 39 heavy (non-hydrogen) atoms. The normalized spacial score (nSPS) is 22.0. The van der Waals surface area contributed by atoms with Crippen molar-refractivity contribution in [3.63, 3.8) is 0 Å². The molecule has 3 heterocycles. The van der Waals surface area contributed by atoms with Crippen molar-refractivity contribution in [1.82, 2.24) is 4.90 Å². The zero-order chi connectivity index (χ0) is 27.5. The second-order valence-electron chi connectivity index (χ2n) is 10.4. The first kappa shape index (κ1) is 26.9. The van der Waals surface area contributed by atoms with Crippen LogP contribution in [0.4, 0.5) is 0 Å². The molecule has 0 saturated carbocycles. The van der Waals surface area contributed by atoms with Gasteiger partial charge in [-0.1, -0.05) is 19.9 Å². The zero-order valence-corrected chi connectivity index (χ0v) is 22.6. The number of carbonyl (C=O) groups is 2. The number of hydrogen-bond acceptors (Lipinski definition) is 8. The maximum atomic E-state index is 13.4. The lowest BCUT2D eigenvalue weighted by molar-refractivity contribution is -0.140. The highest BCUT2D eigenvalue weighted by Crippen LogP contribution is 2.43. The molecule has 3 aliphatic heterocycles. The molecule has 2 saturated heterocycles. The largest absolute Gasteiger partial charge is 0.507 e. The van der Waals surface area contributed by atoms with Gasteiger partial charge in [0.15, 0.2) is 23.0 Å². The SMILES string of the molecule is COc1cc(C2/C(=C(/O)c3ccc4c(c3)OCCO4)C(=O)C(=O)N2CC2CCCO2)ccc1OCCC(C)C. The van der Waals surface area contributed by atoms with Crippen molar-refractivity contribution in [2.75, 3.05) is 40.1 Å². The van der Waals surface area contributed by atoms with Gasteiger partial charge in [0.05, 0.1) is 31.4 Å². The average Bonchev–Trinajstić information content (AvgIpc) is 3.55. The number of likely N-dealkylation sites (tertiary alicyclic amines) is 1. The first-order chi connectivity index (χ1) is 18.9. The van der Waals surface area contributed by atoms with Crippen LogP contribution in [0.5, 0.6) is 23.0 Å². The fourth-order valence-corrected chi connectivity index (χ4v) is 5.15. The van der Waals surface area contributed by atoms with Crippen LogP contribution < -0.4 is 18.9 Å². The molecule has 0 aliphatic carbocycles. The van der Waals surface area contributed by atoms with Crippen LogP contribution in [-0.2, 0) is 14.3 Å². The minimum atomic E-state index is -0.832. The Bertz CT molecular complexity index is 1260. The molecule has 2 unspecified atom stereocenters. The molecular formula is C30H35NO8. The standard InChI is InChI=1S/C30H35NO8/c1-18(2)10-12-37-22-8-6-19(15-24(22)35-3)27-26(29(33)30(34)31(27)17-21-5-4-11-36-21)28(32)20-7-9-23-25(16-20)39-14-13-38-23/h6-9,15-16,18,21,27,32H,4-5,10-14,17H2,1-3H3/b28-26-. The van der Waals surface area contributed by atoms with Crippen molar-refractivity contribution in [3.05, 3.63) is 53.1 Å². The molecule has 9 nitrogen and oxygen atoms in total. The number of nitrogens with zero attached hydrogens (tertiary/aromatic N) is 1. The van der Waals surface area contributed by atoms with Crippen LogP contribution in [0.2, 0.25) is 0 Å². The van der Waals surface area contributed by atoms with E-state index < -0.39 is 17.7 Å². The molecular weight excluding hydrogens is 502 g/mol. The van der Waals surface area contributed by atoms with Crippen LogP contribution in [0.3, 0.4) is 0 Å². The summed E-state index contributed by atoms with van der Waals surface area (Å²) >= 11 is 0. The number of ether oxygens (including phenoxy) is 5. The summed E-state index contributed by atoms with van der Waals surface area (Å²) < 4.78 is 28.6. The second-order valence-corrected chi connectivity index (χ2v) is 10.4. The van der Waals surface area contributed by atoms with Crippen molar-refractivity contribution < 1.29 is 38.4 Å². The summed E-state index contributed by atoms with van der Waals surface area (Å²) in [6.07, 6.45) is 2.40. The number of carbonyl (C=O) groups excluding carboxylic acids is 2. The van der Waals surface area contributed by atoms with Gasteiger partial charge in [-0.15, -0.1) is 0 Å². The van der Waals surface area contributed by atoms with E-state index in [9.17, 15) is 14.7 Å². The van der Waals surface area contributed by atoms with E-state index in [-0.39, 0.29) is 24.0 Å². The fourth-order valence-electron chi connectivity index (χ4n) is 5.15. The van der Waals surface area contributed by atoms with Crippen molar-refractivity contribution in [2.45, 2.75) is 45.3 Å². The van der Waals surface area contributed by atoms with Gasteiger partial charge in [0.2, 0.25) is 0 Å². The Balaban J connectivity index is 1.56. The Morgan fingerprint density at radius 2 is 1.85 bits per heavy atom. The number of ketones is 1. The molecule has 9 heteroatoms. The quantitative estimate of drug-likeness (QED) is 0.284. The molecule has 2 fully saturated rings. The van der Waals surface area contributed by atoms with Crippen LogP contribution in [0.1, 0.15) is 50.3 Å². The summed E-state index contributed by atoms with van der Waals surface area (Å²) in [5, 5.41) is 11.5. The molecule has 0 aromatic heterocycles. The minimum absolute atomic E-state index is 0.00482. The lowest BCUT2D eigenvalue weighted by atomic mass is 9.94. The number of aliphatic hydroxyl groups excluding tert-OH is 1. The Hall–Kier alpha value is -3.72. The van der Waals surface area contributed by atoms with E-state index in [2.05, 4.69) is 13.8 Å². The molecule has 0 spiro atoms. The molecule has 208 valence electrons. The lowest BCUT2D eigenvalue weighted by Gasteiger charge is -2.28. The molecule has 5 rings (SSSR count). The first-order valence-corrected chi connectivity index (χ1v) is 13.5. The Kier molecular flexibility index (Phi) is 7.97. The first-order valence-electron chi connectivity index (χ1n) is 13.5. The molecule has 3 aliphatic rings. The number of methoxy groups -OCH3 is 1. The third-order valence-electron chi connectivity index (χ3n) is 7.24. The van der Waals surface area contributed by atoms with E-state index in [1.54, 1.807) is 37.4 Å². The Morgan fingerprint density at radius 1 is 1.05 bits per heavy atom. The number of amides is 1. The molecule has 2 aromatic carbocycles. The molecule has 2 aromatic rings. The van der Waals surface area contributed by atoms with E-state index >= 15 is 0 Å². The van der Waals surface area contributed by atoms with Gasteiger partial charge in [0, 0.05) is 18.7 Å². The Labute approximate surface area is 228 Å². The van der Waals surface area contributed by atoms with Crippen LogP contribution >= 0.6 is 0 Å². The van der Waals surface area contributed by atoms with E-state index in [1.807, 2.05) is 6.07 Å². The summed E-state index contributed by atoms with van der Waals surface area (Å²) in [5.74, 6) is 0.885. The van der Waals surface area contributed by atoms with Gasteiger partial charge >= 0.3 is 0 Å². The highest BCUT2D eigenvalue weighted by atomic mass is 16.6. The topological polar surface area (TPSA) is 104 Å². The highest BCUT2D eigenvalue weighted by molar-refractivity contribution is 6.46. The number of fused-ring (bicyclic) bond motifs is 1. The highest BCUT2D eigenvalue weighted by Gasteiger charge is 2.47. The third-order valence-corrected chi connectivity index (χ3v) is 7.24. The van der Waals surface area contributed by atoms with Crippen molar-refractivity contribution in [2.24, 2.45) is 5.92 Å². The number of benzene rings is 2. The van der Waals surface area contributed by atoms with Gasteiger partial charge in [-0.25, -0.2) is 0 Å². The fraction of sp³-hybridized carbons (Fsp3) is 0.467. The van der Waals surface area contributed by atoms with Crippen LogP contribution in [-0.4, -0.2) is 67.9 Å². The smallest absolute Gasteiger partial charge is 0.295 e. The average molecular weight is 538 g/mol. The summed E-state index contributed by atoms with van der Waals surface area (Å²) in [5.41, 5.74) is 0.990. The van der Waals surface area contributed by atoms with Gasteiger partial charge < -0.3 is 33.7 Å². The van der Waals surface area contributed by atoms with Crippen LogP contribution in [0, 0.1) is 5.92 Å². The molecule has 0 radical (unpaired) electrons. The van der Waals surface area contributed by atoms with E-state index in [0.717, 1.165) is 19.3 Å². The van der Waals surface area contributed by atoms with Gasteiger partial charge in [0.25, 0.3) is 11.7 Å². The van der Waals surface area contributed by atoms with Crippen LogP contribution in [0.25, 0.3) is 5.76 Å². The summed E-state index contributed by atoms with van der Waals surface area (Å²) in [6, 6.07) is 9.49. The number of rotatable bonds is 9. The van der Waals surface area contributed by atoms with Gasteiger partial charge in [-0.3, -0.25) is 9.59 Å². The van der Waals surface area contributed by atoms with Crippen molar-refractivity contribution in [1.29, 1.82) is 0 Å². The predicted molar refractivity (Wildman–Crippen MR) is 143 cm³/mol. The van der Waals surface area contributed by atoms with E-state index in [1.165, 1.54) is 4.90 Å². The number of hydrogen-bond donors (Lipinski definition) is 1.